The summed E-state index contributed by atoms with van der Waals surface area (Å²) < 4.78 is 0. The molecule has 0 amide bonds. The summed E-state index contributed by atoms with van der Waals surface area (Å²) in [5.41, 5.74) is 3.39. The molecule has 1 aromatic heterocycles. The van der Waals surface area contributed by atoms with Crippen LogP contribution in [-0.2, 0) is 6.42 Å². The zero-order valence-corrected chi connectivity index (χ0v) is 21.0. The molecule has 0 spiro atoms. The van der Waals surface area contributed by atoms with Crippen LogP contribution in [0, 0.1) is 11.8 Å². The fourth-order valence-corrected chi connectivity index (χ4v) is 5.44. The summed E-state index contributed by atoms with van der Waals surface area (Å²) in [5.74, 6) is 1.59. The van der Waals surface area contributed by atoms with E-state index < -0.39 is 0 Å². The van der Waals surface area contributed by atoms with Gasteiger partial charge in [-0.2, -0.15) is 0 Å². The lowest BCUT2D eigenvalue weighted by atomic mass is 9.75. The minimum atomic E-state index is 0.578. The normalized spacial score (nSPS) is 24.0. The lowest BCUT2D eigenvalue weighted by Gasteiger charge is -2.50. The van der Waals surface area contributed by atoms with Crippen molar-refractivity contribution in [3.63, 3.8) is 0 Å². The summed E-state index contributed by atoms with van der Waals surface area (Å²) in [7, 11) is 6.36. The van der Waals surface area contributed by atoms with Gasteiger partial charge in [-0.1, -0.05) is 6.07 Å². The van der Waals surface area contributed by atoms with Gasteiger partial charge in [-0.15, -0.1) is 0 Å². The van der Waals surface area contributed by atoms with Crippen LogP contribution >= 0.6 is 12.2 Å². The molecule has 1 aromatic carbocycles. The van der Waals surface area contributed by atoms with Gasteiger partial charge in [0.25, 0.3) is 0 Å². The van der Waals surface area contributed by atoms with Gasteiger partial charge in [0.05, 0.1) is 0 Å². The van der Waals surface area contributed by atoms with Crippen LogP contribution < -0.4 is 15.5 Å². The Morgan fingerprint density at radius 1 is 1.15 bits per heavy atom. The minimum absolute atomic E-state index is 0.578. The summed E-state index contributed by atoms with van der Waals surface area (Å²) in [5, 5.41) is 7.50. The van der Waals surface area contributed by atoms with E-state index in [9.17, 15) is 0 Å². The van der Waals surface area contributed by atoms with Crippen LogP contribution in [0.5, 0.6) is 0 Å². The average Bonchev–Trinajstić information content (AvgIpc) is 2.83. The van der Waals surface area contributed by atoms with Crippen LogP contribution in [0.25, 0.3) is 0 Å². The second-order valence-corrected chi connectivity index (χ2v) is 10.2. The van der Waals surface area contributed by atoms with Crippen molar-refractivity contribution in [3.8, 4) is 0 Å². The number of benzene rings is 1. The number of fused-ring (bicyclic) bond motifs is 3. The molecule has 0 aliphatic carbocycles. The first-order chi connectivity index (χ1) is 16.0. The molecule has 4 atom stereocenters. The van der Waals surface area contributed by atoms with Gasteiger partial charge in [-0.25, -0.2) is 0 Å². The van der Waals surface area contributed by atoms with Crippen molar-refractivity contribution in [2.24, 2.45) is 11.8 Å². The zero-order chi connectivity index (χ0) is 23.2. The standard InChI is InChI=1S/C26H38N6S/c1-30(2)24-9-7-23(8-10-24)29-26(33)28-17-25-16-20-11-15-32(25)19-21(20)18-31(3)14-12-22-6-4-5-13-27-22/h4-10,13,20-21,25H,11-12,14-19H2,1-3H3,(H2,28,29,33)/t20-,21+,25+/m1/s1. The number of piperidine rings is 3. The molecule has 2 bridgehead atoms. The van der Waals surface area contributed by atoms with Gasteiger partial charge in [0.1, 0.15) is 0 Å². The number of pyridine rings is 1. The molecule has 3 fully saturated rings. The molecule has 33 heavy (non-hydrogen) atoms. The lowest BCUT2D eigenvalue weighted by Crippen LogP contribution is -2.58. The van der Waals surface area contributed by atoms with E-state index in [0.29, 0.717) is 11.2 Å². The third-order valence-corrected chi connectivity index (χ3v) is 7.42. The third kappa shape index (κ3) is 6.65. The third-order valence-electron chi connectivity index (χ3n) is 7.18. The fraction of sp³-hybridized carbons (Fsp3) is 0.538. The molecule has 1 unspecified atom stereocenters. The van der Waals surface area contributed by atoms with E-state index >= 15 is 0 Å². The molecule has 3 aliphatic heterocycles. The lowest BCUT2D eigenvalue weighted by molar-refractivity contribution is -0.00757. The first kappa shape index (κ1) is 23.9. The SMILES string of the molecule is CN(CCc1ccccn1)C[C@H]1CN2CC[C@@H]1C[C@H]2CNC(=S)Nc1ccc(N(C)C)cc1. The molecule has 3 saturated heterocycles. The molecular weight excluding hydrogens is 428 g/mol. The molecule has 6 nitrogen and oxygen atoms in total. The van der Waals surface area contributed by atoms with Gasteiger partial charge in [0, 0.05) is 76.0 Å². The van der Waals surface area contributed by atoms with E-state index in [-0.39, 0.29) is 0 Å². The minimum Gasteiger partial charge on any atom is -0.378 e. The van der Waals surface area contributed by atoms with Crippen molar-refractivity contribution in [2.75, 3.05) is 64.1 Å². The average molecular weight is 467 g/mol. The molecule has 2 aromatic rings. The van der Waals surface area contributed by atoms with E-state index in [2.05, 4.69) is 73.8 Å². The van der Waals surface area contributed by atoms with E-state index in [1.54, 1.807) is 0 Å². The Morgan fingerprint density at radius 2 is 1.97 bits per heavy atom. The first-order valence-electron chi connectivity index (χ1n) is 12.1. The van der Waals surface area contributed by atoms with Gasteiger partial charge in [-0.3, -0.25) is 9.88 Å². The Kier molecular flexibility index (Phi) is 8.17. The number of thiocarbonyl (C=S) groups is 1. The maximum atomic E-state index is 5.56. The van der Waals surface area contributed by atoms with Crippen LogP contribution in [0.4, 0.5) is 11.4 Å². The number of likely N-dealkylation sites (N-methyl/N-ethyl adjacent to an activating group) is 1. The maximum absolute atomic E-state index is 5.56. The number of anilines is 2. The molecule has 2 N–H and O–H groups in total. The summed E-state index contributed by atoms with van der Waals surface area (Å²) in [6.45, 7) is 5.59. The molecule has 4 heterocycles. The van der Waals surface area contributed by atoms with Gasteiger partial charge < -0.3 is 20.4 Å². The molecule has 0 radical (unpaired) electrons. The summed E-state index contributed by atoms with van der Waals surface area (Å²) in [6.07, 6.45) is 5.51. The quantitative estimate of drug-likeness (QED) is 0.550. The molecule has 7 heteroatoms. The Balaban J connectivity index is 1.19. The molecule has 5 rings (SSSR count). The van der Waals surface area contributed by atoms with Crippen molar-refractivity contribution in [1.29, 1.82) is 0 Å². The van der Waals surface area contributed by atoms with E-state index in [0.717, 1.165) is 37.0 Å². The van der Waals surface area contributed by atoms with Gasteiger partial charge in [-0.05, 0) is 86.9 Å². The molecular formula is C26H38N6S. The van der Waals surface area contributed by atoms with Crippen molar-refractivity contribution < 1.29 is 0 Å². The number of rotatable bonds is 9. The van der Waals surface area contributed by atoms with Gasteiger partial charge in [0.2, 0.25) is 0 Å². The smallest absolute Gasteiger partial charge is 0.170 e. The highest BCUT2D eigenvalue weighted by atomic mass is 32.1. The Morgan fingerprint density at radius 3 is 2.64 bits per heavy atom. The molecule has 178 valence electrons. The van der Waals surface area contributed by atoms with Crippen molar-refractivity contribution in [3.05, 3.63) is 54.4 Å². The highest BCUT2D eigenvalue weighted by Gasteiger charge is 2.40. The van der Waals surface area contributed by atoms with E-state index in [1.165, 1.54) is 43.9 Å². The zero-order valence-electron chi connectivity index (χ0n) is 20.2. The van der Waals surface area contributed by atoms with E-state index in [4.69, 9.17) is 12.2 Å². The van der Waals surface area contributed by atoms with Crippen LogP contribution in [-0.4, -0.2) is 79.8 Å². The number of hydrogen-bond acceptors (Lipinski definition) is 5. The summed E-state index contributed by atoms with van der Waals surface area (Å²) in [6, 6.07) is 15.1. The number of hydrogen-bond donors (Lipinski definition) is 2. The molecule has 0 saturated carbocycles. The first-order valence-corrected chi connectivity index (χ1v) is 12.5. The van der Waals surface area contributed by atoms with Gasteiger partial charge in [0.15, 0.2) is 5.11 Å². The predicted octanol–water partition coefficient (Wildman–Crippen LogP) is 3.32. The monoisotopic (exact) mass is 466 g/mol. The predicted molar refractivity (Wildman–Crippen MR) is 142 cm³/mol. The second-order valence-electron chi connectivity index (χ2n) is 9.80. The topological polar surface area (TPSA) is 46.7 Å². The van der Waals surface area contributed by atoms with Crippen molar-refractivity contribution >= 4 is 28.7 Å². The summed E-state index contributed by atoms with van der Waals surface area (Å²) in [4.78, 5) is 11.7. The van der Waals surface area contributed by atoms with Crippen LogP contribution in [0.1, 0.15) is 18.5 Å². The highest BCUT2D eigenvalue weighted by molar-refractivity contribution is 7.80. The van der Waals surface area contributed by atoms with Gasteiger partial charge >= 0.3 is 0 Å². The van der Waals surface area contributed by atoms with Crippen LogP contribution in [0.15, 0.2) is 48.7 Å². The number of nitrogens with one attached hydrogen (secondary N) is 2. The highest BCUT2D eigenvalue weighted by Crippen LogP contribution is 2.36. The number of nitrogens with zero attached hydrogens (tertiary/aromatic N) is 4. The number of aromatic nitrogens is 1. The Labute approximate surface area is 204 Å². The van der Waals surface area contributed by atoms with Crippen LogP contribution in [0.2, 0.25) is 0 Å². The Bertz CT molecular complexity index is 887. The molecule has 3 aliphatic rings. The largest absolute Gasteiger partial charge is 0.378 e. The second kappa shape index (κ2) is 11.3. The maximum Gasteiger partial charge on any atom is 0.170 e. The van der Waals surface area contributed by atoms with Crippen molar-refractivity contribution in [1.82, 2.24) is 20.1 Å². The van der Waals surface area contributed by atoms with Crippen molar-refractivity contribution in [2.45, 2.75) is 25.3 Å². The van der Waals surface area contributed by atoms with E-state index in [1.807, 2.05) is 26.4 Å². The fourth-order valence-electron chi connectivity index (χ4n) is 5.24. The summed E-state index contributed by atoms with van der Waals surface area (Å²) >= 11 is 5.56. The Hall–Kier alpha value is -2.22. The van der Waals surface area contributed by atoms with Crippen LogP contribution in [0.3, 0.4) is 0 Å².